The van der Waals surface area contributed by atoms with Crippen LogP contribution in [0.3, 0.4) is 0 Å². The average Bonchev–Trinajstić information content (AvgIpc) is 2.15. The zero-order valence-corrected chi connectivity index (χ0v) is 9.47. The Morgan fingerprint density at radius 1 is 1.38 bits per heavy atom. The van der Waals surface area contributed by atoms with E-state index in [4.69, 9.17) is 0 Å². The molecule has 0 bridgehead atoms. The maximum absolute atomic E-state index is 13.7. The molecule has 1 heterocycles. The number of hydrogen-bond donors (Lipinski definition) is 1. The standard InChI is InChI=1S/C12H13FN2O/c1-6(2)11-8-4-7(3)5-9(13)10(8)12(16)15-14-11/h4-6H,1-3H3,(H,15,16). The van der Waals surface area contributed by atoms with Crippen LogP contribution in [0.15, 0.2) is 16.9 Å². The summed E-state index contributed by atoms with van der Waals surface area (Å²) in [5.41, 5.74) is 1.04. The van der Waals surface area contributed by atoms with Gasteiger partial charge in [0, 0.05) is 5.39 Å². The predicted molar refractivity (Wildman–Crippen MR) is 61.1 cm³/mol. The largest absolute Gasteiger partial charge is 0.275 e. The van der Waals surface area contributed by atoms with Crippen LogP contribution in [0.1, 0.15) is 31.0 Å². The van der Waals surface area contributed by atoms with Gasteiger partial charge in [-0.15, -0.1) is 0 Å². The van der Waals surface area contributed by atoms with Gasteiger partial charge in [-0.25, -0.2) is 9.49 Å². The van der Waals surface area contributed by atoms with E-state index in [1.54, 1.807) is 13.0 Å². The van der Waals surface area contributed by atoms with Crippen molar-refractivity contribution in [2.75, 3.05) is 0 Å². The molecule has 0 saturated heterocycles. The number of aromatic amines is 1. The molecule has 0 saturated carbocycles. The molecule has 3 nitrogen and oxygen atoms in total. The van der Waals surface area contributed by atoms with E-state index >= 15 is 0 Å². The molecule has 1 N–H and O–H groups in total. The third-order valence-corrected chi connectivity index (χ3v) is 2.56. The summed E-state index contributed by atoms with van der Waals surface area (Å²) in [6.07, 6.45) is 0. The smallest absolute Gasteiger partial charge is 0.267 e. The summed E-state index contributed by atoms with van der Waals surface area (Å²) in [4.78, 5) is 11.5. The zero-order valence-electron chi connectivity index (χ0n) is 9.47. The minimum atomic E-state index is -0.486. The number of nitrogens with zero attached hydrogens (tertiary/aromatic N) is 1. The van der Waals surface area contributed by atoms with Gasteiger partial charge in [-0.3, -0.25) is 4.79 Å². The summed E-state index contributed by atoms with van der Waals surface area (Å²) in [6, 6.07) is 3.16. The normalized spacial score (nSPS) is 11.3. The highest BCUT2D eigenvalue weighted by atomic mass is 19.1. The fraction of sp³-hybridized carbons (Fsp3) is 0.333. The van der Waals surface area contributed by atoms with Crippen LogP contribution in [0, 0.1) is 12.7 Å². The van der Waals surface area contributed by atoms with Gasteiger partial charge in [0.15, 0.2) is 0 Å². The number of fused-ring (bicyclic) bond motifs is 1. The Labute approximate surface area is 92.3 Å². The van der Waals surface area contributed by atoms with E-state index in [-0.39, 0.29) is 11.3 Å². The summed E-state index contributed by atoms with van der Waals surface area (Å²) in [5, 5.41) is 7.03. The zero-order chi connectivity index (χ0) is 11.9. The minimum Gasteiger partial charge on any atom is -0.267 e. The maximum atomic E-state index is 13.7. The molecule has 2 aromatic rings. The molecule has 0 aliphatic carbocycles. The highest BCUT2D eigenvalue weighted by Gasteiger charge is 2.13. The van der Waals surface area contributed by atoms with Crippen LogP contribution in [0.2, 0.25) is 0 Å². The van der Waals surface area contributed by atoms with Crippen molar-refractivity contribution in [2.45, 2.75) is 26.7 Å². The lowest BCUT2D eigenvalue weighted by Crippen LogP contribution is -2.13. The van der Waals surface area contributed by atoms with Crippen molar-refractivity contribution in [2.24, 2.45) is 0 Å². The minimum absolute atomic E-state index is 0.101. The summed E-state index contributed by atoms with van der Waals surface area (Å²) in [5.74, 6) is -0.346. The summed E-state index contributed by atoms with van der Waals surface area (Å²) in [7, 11) is 0. The number of hydrogen-bond acceptors (Lipinski definition) is 2. The number of nitrogens with one attached hydrogen (secondary N) is 1. The van der Waals surface area contributed by atoms with E-state index < -0.39 is 11.4 Å². The Bertz CT molecular complexity index is 602. The van der Waals surface area contributed by atoms with E-state index in [0.29, 0.717) is 5.39 Å². The van der Waals surface area contributed by atoms with Crippen molar-refractivity contribution in [1.82, 2.24) is 10.2 Å². The van der Waals surface area contributed by atoms with Crippen molar-refractivity contribution in [3.63, 3.8) is 0 Å². The van der Waals surface area contributed by atoms with Crippen LogP contribution in [0.5, 0.6) is 0 Å². The van der Waals surface area contributed by atoms with Crippen molar-refractivity contribution in [3.8, 4) is 0 Å². The van der Waals surface area contributed by atoms with Gasteiger partial charge in [-0.05, 0) is 30.5 Å². The fourth-order valence-electron chi connectivity index (χ4n) is 1.84. The van der Waals surface area contributed by atoms with Gasteiger partial charge in [-0.1, -0.05) is 13.8 Å². The van der Waals surface area contributed by atoms with Gasteiger partial charge >= 0.3 is 0 Å². The van der Waals surface area contributed by atoms with Gasteiger partial charge in [0.1, 0.15) is 5.82 Å². The maximum Gasteiger partial charge on any atom is 0.275 e. The third kappa shape index (κ3) is 1.60. The third-order valence-electron chi connectivity index (χ3n) is 2.56. The highest BCUT2D eigenvalue weighted by molar-refractivity contribution is 5.85. The molecule has 0 aliphatic rings. The molecule has 16 heavy (non-hydrogen) atoms. The second-order valence-corrected chi connectivity index (χ2v) is 4.26. The first-order valence-electron chi connectivity index (χ1n) is 5.19. The number of benzene rings is 1. The van der Waals surface area contributed by atoms with Crippen LogP contribution in [0.25, 0.3) is 10.8 Å². The lowest BCUT2D eigenvalue weighted by Gasteiger charge is -2.08. The first kappa shape index (κ1) is 10.8. The van der Waals surface area contributed by atoms with Crippen LogP contribution in [-0.2, 0) is 0 Å². The Balaban J connectivity index is 2.98. The molecule has 0 fully saturated rings. The van der Waals surface area contributed by atoms with Crippen molar-refractivity contribution in [3.05, 3.63) is 39.6 Å². The Hall–Kier alpha value is -1.71. The summed E-state index contributed by atoms with van der Waals surface area (Å²) in [6.45, 7) is 5.72. The molecular formula is C12H13FN2O. The second-order valence-electron chi connectivity index (χ2n) is 4.26. The lowest BCUT2D eigenvalue weighted by atomic mass is 10.0. The van der Waals surface area contributed by atoms with Crippen LogP contribution >= 0.6 is 0 Å². The molecule has 0 radical (unpaired) electrons. The quantitative estimate of drug-likeness (QED) is 0.802. The first-order chi connectivity index (χ1) is 7.50. The van der Waals surface area contributed by atoms with Gasteiger partial charge in [0.05, 0.1) is 11.1 Å². The number of rotatable bonds is 1. The van der Waals surface area contributed by atoms with Gasteiger partial charge in [0.25, 0.3) is 5.56 Å². The van der Waals surface area contributed by atoms with Crippen LogP contribution in [-0.4, -0.2) is 10.2 Å². The van der Waals surface area contributed by atoms with Crippen LogP contribution < -0.4 is 5.56 Å². The summed E-state index contributed by atoms with van der Waals surface area (Å²) < 4.78 is 13.7. The number of aromatic nitrogens is 2. The van der Waals surface area contributed by atoms with Gasteiger partial charge in [0.2, 0.25) is 0 Å². The van der Waals surface area contributed by atoms with E-state index in [1.165, 1.54) is 6.07 Å². The van der Waals surface area contributed by atoms with E-state index in [1.807, 2.05) is 13.8 Å². The fourth-order valence-corrected chi connectivity index (χ4v) is 1.84. The molecule has 1 aromatic heterocycles. The molecule has 84 valence electrons. The van der Waals surface area contributed by atoms with Crippen molar-refractivity contribution < 1.29 is 4.39 Å². The van der Waals surface area contributed by atoms with E-state index in [0.717, 1.165) is 11.3 Å². The SMILES string of the molecule is Cc1cc(F)c2c(=O)[nH]nc(C(C)C)c2c1. The van der Waals surface area contributed by atoms with E-state index in [2.05, 4.69) is 10.2 Å². The predicted octanol–water partition coefficient (Wildman–Crippen LogP) is 2.49. The molecular weight excluding hydrogens is 207 g/mol. The summed E-state index contributed by atoms with van der Waals surface area (Å²) >= 11 is 0. The molecule has 4 heteroatoms. The van der Waals surface area contributed by atoms with Crippen molar-refractivity contribution in [1.29, 1.82) is 0 Å². The number of H-pyrrole nitrogens is 1. The Kier molecular flexibility index (Phi) is 2.50. The molecule has 0 atom stereocenters. The van der Waals surface area contributed by atoms with Crippen LogP contribution in [0.4, 0.5) is 4.39 Å². The lowest BCUT2D eigenvalue weighted by molar-refractivity contribution is 0.636. The second kappa shape index (κ2) is 3.70. The topological polar surface area (TPSA) is 45.8 Å². The number of halogens is 1. The molecule has 0 spiro atoms. The average molecular weight is 220 g/mol. The van der Waals surface area contributed by atoms with Gasteiger partial charge in [-0.2, -0.15) is 5.10 Å². The highest BCUT2D eigenvalue weighted by Crippen LogP contribution is 2.23. The molecule has 0 amide bonds. The molecule has 0 aliphatic heterocycles. The first-order valence-corrected chi connectivity index (χ1v) is 5.19. The molecule has 0 unspecified atom stereocenters. The number of aryl methyl sites for hydroxylation is 1. The van der Waals surface area contributed by atoms with Gasteiger partial charge < -0.3 is 0 Å². The van der Waals surface area contributed by atoms with E-state index in [9.17, 15) is 9.18 Å². The Morgan fingerprint density at radius 3 is 2.69 bits per heavy atom. The molecule has 1 aromatic carbocycles. The van der Waals surface area contributed by atoms with Crippen molar-refractivity contribution >= 4 is 10.8 Å². The monoisotopic (exact) mass is 220 g/mol. The molecule has 2 rings (SSSR count). The Morgan fingerprint density at radius 2 is 2.06 bits per heavy atom.